The normalized spacial score (nSPS) is 13.0. The summed E-state index contributed by atoms with van der Waals surface area (Å²) in [4.78, 5) is 27.6. The van der Waals surface area contributed by atoms with Gasteiger partial charge in [-0.2, -0.15) is 11.8 Å². The fourth-order valence-corrected chi connectivity index (χ4v) is 3.38. The van der Waals surface area contributed by atoms with E-state index in [-0.39, 0.29) is 17.9 Å². The summed E-state index contributed by atoms with van der Waals surface area (Å²) in [6, 6.07) is 9.92. The van der Waals surface area contributed by atoms with Gasteiger partial charge in [0, 0.05) is 6.54 Å². The first-order valence-electron chi connectivity index (χ1n) is 9.38. The summed E-state index contributed by atoms with van der Waals surface area (Å²) in [5, 5.41) is 5.80. The molecule has 1 heterocycles. The third-order valence-electron chi connectivity index (χ3n) is 4.55. The van der Waals surface area contributed by atoms with Crippen molar-refractivity contribution < 1.29 is 18.7 Å². The van der Waals surface area contributed by atoms with E-state index < -0.39 is 6.04 Å². The maximum Gasteiger partial charge on any atom is 0.255 e. The summed E-state index contributed by atoms with van der Waals surface area (Å²) in [5.74, 6) is 1.44. The Morgan fingerprint density at radius 1 is 1.21 bits per heavy atom. The highest BCUT2D eigenvalue weighted by molar-refractivity contribution is 7.98. The van der Waals surface area contributed by atoms with Crippen molar-refractivity contribution >= 4 is 23.6 Å². The van der Waals surface area contributed by atoms with Gasteiger partial charge in [0.1, 0.15) is 17.6 Å². The van der Waals surface area contributed by atoms with Gasteiger partial charge in [0.2, 0.25) is 5.91 Å². The number of amides is 2. The smallest absolute Gasteiger partial charge is 0.255 e. The third-order valence-corrected chi connectivity index (χ3v) is 5.19. The van der Waals surface area contributed by atoms with Gasteiger partial charge in [0.25, 0.3) is 5.91 Å². The van der Waals surface area contributed by atoms with Gasteiger partial charge < -0.3 is 19.8 Å². The number of furan rings is 1. The first-order valence-corrected chi connectivity index (χ1v) is 10.8. The Morgan fingerprint density at radius 2 is 1.97 bits per heavy atom. The molecule has 2 N–H and O–H groups in total. The summed E-state index contributed by atoms with van der Waals surface area (Å²) in [6.07, 6.45) is 4.11. The van der Waals surface area contributed by atoms with Crippen LogP contribution in [-0.4, -0.2) is 62.5 Å². The van der Waals surface area contributed by atoms with E-state index in [0.29, 0.717) is 24.3 Å². The second-order valence-electron chi connectivity index (χ2n) is 6.75. The molecule has 0 aliphatic rings. The van der Waals surface area contributed by atoms with Gasteiger partial charge in [0.15, 0.2) is 0 Å². The standard InChI is InChI=1S/C21H29N3O4S/c1-24(2)17(19-10-7-12-28-19)14-22-21(26)16(11-13-29-4)23-20(25)15-8-5-6-9-18(15)27-3/h5-10,12,16-17H,11,13-14H2,1-4H3,(H,22,26)(H,23,25)/t16-,17-/m0/s1. The molecule has 0 radical (unpaired) electrons. The molecule has 0 unspecified atom stereocenters. The number of methoxy groups -OCH3 is 1. The first kappa shape index (κ1) is 22.8. The average Bonchev–Trinajstić information content (AvgIpc) is 3.25. The Balaban J connectivity index is 2.06. The van der Waals surface area contributed by atoms with Crippen molar-refractivity contribution in [1.29, 1.82) is 0 Å². The van der Waals surface area contributed by atoms with E-state index in [9.17, 15) is 9.59 Å². The summed E-state index contributed by atoms with van der Waals surface area (Å²) in [5.41, 5.74) is 0.402. The molecular weight excluding hydrogens is 390 g/mol. The minimum absolute atomic E-state index is 0.0972. The molecule has 2 aromatic rings. The molecule has 8 heteroatoms. The average molecular weight is 420 g/mol. The van der Waals surface area contributed by atoms with E-state index in [1.807, 2.05) is 37.4 Å². The Morgan fingerprint density at radius 3 is 2.59 bits per heavy atom. The highest BCUT2D eigenvalue weighted by Gasteiger charge is 2.24. The predicted molar refractivity (Wildman–Crippen MR) is 115 cm³/mol. The minimum Gasteiger partial charge on any atom is -0.496 e. The van der Waals surface area contributed by atoms with Gasteiger partial charge in [-0.15, -0.1) is 0 Å². The molecule has 0 spiro atoms. The molecule has 0 bridgehead atoms. The van der Waals surface area contributed by atoms with Crippen LogP contribution in [0.25, 0.3) is 0 Å². The molecular formula is C21H29N3O4S. The van der Waals surface area contributed by atoms with E-state index >= 15 is 0 Å². The highest BCUT2D eigenvalue weighted by Crippen LogP contribution is 2.19. The quantitative estimate of drug-likeness (QED) is 0.582. The number of nitrogens with zero attached hydrogens (tertiary/aromatic N) is 1. The van der Waals surface area contributed by atoms with Crippen LogP contribution in [0.3, 0.4) is 0 Å². The van der Waals surface area contributed by atoms with Crippen molar-refractivity contribution in [3.05, 3.63) is 54.0 Å². The molecule has 2 amide bonds. The highest BCUT2D eigenvalue weighted by atomic mass is 32.2. The molecule has 158 valence electrons. The Bertz CT molecular complexity index is 780. The number of ether oxygens (including phenoxy) is 1. The van der Waals surface area contributed by atoms with Crippen LogP contribution in [0.15, 0.2) is 47.1 Å². The van der Waals surface area contributed by atoms with Gasteiger partial charge in [-0.25, -0.2) is 0 Å². The molecule has 0 aliphatic heterocycles. The zero-order chi connectivity index (χ0) is 21.2. The molecule has 7 nitrogen and oxygen atoms in total. The lowest BCUT2D eigenvalue weighted by Gasteiger charge is -2.24. The number of carbonyl (C=O) groups is 2. The summed E-state index contributed by atoms with van der Waals surface area (Å²) >= 11 is 1.63. The monoisotopic (exact) mass is 419 g/mol. The topological polar surface area (TPSA) is 83.8 Å². The number of likely N-dealkylation sites (N-methyl/N-ethyl adjacent to an activating group) is 1. The fourth-order valence-electron chi connectivity index (χ4n) is 2.91. The van der Waals surface area contributed by atoms with E-state index in [1.54, 1.807) is 42.3 Å². The second-order valence-corrected chi connectivity index (χ2v) is 7.73. The van der Waals surface area contributed by atoms with Crippen molar-refractivity contribution in [3.63, 3.8) is 0 Å². The van der Waals surface area contributed by atoms with Crippen LogP contribution in [0.4, 0.5) is 0 Å². The maximum absolute atomic E-state index is 12.9. The molecule has 2 atom stereocenters. The number of hydrogen-bond donors (Lipinski definition) is 2. The number of benzene rings is 1. The van der Waals surface area contributed by atoms with Crippen LogP contribution in [0.1, 0.15) is 28.6 Å². The van der Waals surface area contributed by atoms with Crippen LogP contribution in [-0.2, 0) is 4.79 Å². The van der Waals surface area contributed by atoms with E-state index in [0.717, 1.165) is 11.5 Å². The molecule has 1 aromatic carbocycles. The van der Waals surface area contributed by atoms with Gasteiger partial charge >= 0.3 is 0 Å². The van der Waals surface area contributed by atoms with Crippen molar-refractivity contribution in [2.75, 3.05) is 39.8 Å². The minimum atomic E-state index is -0.640. The Labute approximate surface area is 176 Å². The van der Waals surface area contributed by atoms with E-state index in [1.165, 1.54) is 7.11 Å². The summed E-state index contributed by atoms with van der Waals surface area (Å²) < 4.78 is 10.7. The van der Waals surface area contributed by atoms with Crippen LogP contribution in [0.2, 0.25) is 0 Å². The number of carbonyl (C=O) groups excluding carboxylic acids is 2. The molecule has 2 rings (SSSR count). The molecule has 29 heavy (non-hydrogen) atoms. The molecule has 0 aliphatic carbocycles. The van der Waals surface area contributed by atoms with Gasteiger partial charge in [0.05, 0.1) is 25.0 Å². The Hall–Kier alpha value is -2.45. The predicted octanol–water partition coefficient (Wildman–Crippen LogP) is 2.56. The molecule has 0 fully saturated rings. The van der Waals surface area contributed by atoms with Gasteiger partial charge in [-0.3, -0.25) is 14.5 Å². The Kier molecular flexibility index (Phi) is 9.08. The lowest BCUT2D eigenvalue weighted by atomic mass is 10.1. The zero-order valence-electron chi connectivity index (χ0n) is 17.3. The van der Waals surface area contributed by atoms with Gasteiger partial charge in [-0.1, -0.05) is 12.1 Å². The number of hydrogen-bond acceptors (Lipinski definition) is 6. The largest absolute Gasteiger partial charge is 0.496 e. The number of thioether (sulfide) groups is 1. The van der Waals surface area contributed by atoms with Gasteiger partial charge in [-0.05, 0) is 56.8 Å². The number of para-hydroxylation sites is 1. The van der Waals surface area contributed by atoms with Crippen molar-refractivity contribution in [3.8, 4) is 5.75 Å². The second kappa shape index (κ2) is 11.5. The fraction of sp³-hybridized carbons (Fsp3) is 0.429. The van der Waals surface area contributed by atoms with Crippen LogP contribution in [0.5, 0.6) is 5.75 Å². The SMILES string of the molecule is COc1ccccc1C(=O)N[C@@H](CCSC)C(=O)NC[C@@H](c1ccco1)N(C)C. The third kappa shape index (κ3) is 6.54. The first-order chi connectivity index (χ1) is 14.0. The lowest BCUT2D eigenvalue weighted by Crippen LogP contribution is -2.48. The molecule has 1 aromatic heterocycles. The van der Waals surface area contributed by atoms with Crippen LogP contribution < -0.4 is 15.4 Å². The van der Waals surface area contributed by atoms with Crippen molar-refractivity contribution in [2.45, 2.75) is 18.5 Å². The van der Waals surface area contributed by atoms with E-state index in [4.69, 9.17) is 9.15 Å². The van der Waals surface area contributed by atoms with Crippen LogP contribution in [0, 0.1) is 0 Å². The lowest BCUT2D eigenvalue weighted by molar-refractivity contribution is -0.123. The number of rotatable bonds is 11. The zero-order valence-corrected chi connectivity index (χ0v) is 18.1. The maximum atomic E-state index is 12.9. The van der Waals surface area contributed by atoms with Crippen LogP contribution >= 0.6 is 11.8 Å². The number of nitrogens with one attached hydrogen (secondary N) is 2. The molecule has 0 saturated heterocycles. The van der Waals surface area contributed by atoms with E-state index in [2.05, 4.69) is 10.6 Å². The molecule has 0 saturated carbocycles. The summed E-state index contributed by atoms with van der Waals surface area (Å²) in [7, 11) is 5.36. The van der Waals surface area contributed by atoms with Crippen molar-refractivity contribution in [2.24, 2.45) is 0 Å². The summed E-state index contributed by atoms with van der Waals surface area (Å²) in [6.45, 7) is 0.375. The van der Waals surface area contributed by atoms with Crippen molar-refractivity contribution in [1.82, 2.24) is 15.5 Å².